The van der Waals surface area contributed by atoms with Crippen LogP contribution in [0.2, 0.25) is 6.82 Å². The second-order valence-electron chi connectivity index (χ2n) is 5.83. The summed E-state index contributed by atoms with van der Waals surface area (Å²) in [4.78, 5) is 7.91. The monoisotopic (exact) mass is 321 g/mol. The van der Waals surface area contributed by atoms with Crippen LogP contribution in [0.5, 0.6) is 5.88 Å². The predicted molar refractivity (Wildman–Crippen MR) is 96.7 cm³/mol. The molecule has 1 aliphatic heterocycles. The molecular weight excluding hydrogens is 301 g/mol. The van der Waals surface area contributed by atoms with Gasteiger partial charge in [-0.2, -0.15) is 0 Å². The van der Waals surface area contributed by atoms with Gasteiger partial charge in [0, 0.05) is 5.69 Å². The lowest BCUT2D eigenvalue weighted by molar-refractivity contribution is 0.300. The lowest BCUT2D eigenvalue weighted by atomic mass is 9.64. The third-order valence-electron chi connectivity index (χ3n) is 4.04. The number of hydrogen-bond donors (Lipinski definition) is 1. The van der Waals surface area contributed by atoms with E-state index in [1.165, 1.54) is 11.0 Å². The molecule has 0 aliphatic carbocycles. The van der Waals surface area contributed by atoms with E-state index in [1.54, 1.807) is 12.1 Å². The van der Waals surface area contributed by atoms with Crippen LogP contribution in [0, 0.1) is 6.57 Å². The molecule has 0 unspecified atom stereocenters. The van der Waals surface area contributed by atoms with Gasteiger partial charge >= 0.3 is 6.92 Å². The summed E-state index contributed by atoms with van der Waals surface area (Å²) in [6, 6.07) is 9.73. The number of anilines is 2. The van der Waals surface area contributed by atoms with Gasteiger partial charge in [-0.1, -0.05) is 26.2 Å². The van der Waals surface area contributed by atoms with E-state index in [4.69, 9.17) is 16.0 Å². The highest BCUT2D eigenvalue weighted by molar-refractivity contribution is 6.67. The van der Waals surface area contributed by atoms with Gasteiger partial charge in [-0.05, 0) is 41.7 Å². The Morgan fingerprint density at radius 2 is 2.25 bits per heavy atom. The minimum Gasteiger partial charge on any atom is -0.486 e. The maximum absolute atomic E-state index is 7.23. The van der Waals surface area contributed by atoms with Crippen LogP contribution < -0.4 is 15.5 Å². The summed E-state index contributed by atoms with van der Waals surface area (Å²) in [5, 5.41) is 3.28. The van der Waals surface area contributed by atoms with Gasteiger partial charge in [0.05, 0.1) is 19.8 Å². The fourth-order valence-corrected chi connectivity index (χ4v) is 2.66. The van der Waals surface area contributed by atoms with E-state index in [0.717, 1.165) is 18.5 Å². The maximum Gasteiger partial charge on any atom is 0.324 e. The molecule has 2 aromatic rings. The minimum atomic E-state index is 0.156. The van der Waals surface area contributed by atoms with E-state index >= 15 is 0 Å². The molecule has 1 N–H and O–H groups in total. The molecule has 0 fully saturated rings. The zero-order valence-electron chi connectivity index (χ0n) is 14.0. The first-order valence-electron chi connectivity index (χ1n) is 8.24. The minimum absolute atomic E-state index is 0.156. The first kappa shape index (κ1) is 16.3. The molecule has 6 heteroatoms. The lowest BCUT2D eigenvalue weighted by Crippen LogP contribution is -2.23. The van der Waals surface area contributed by atoms with E-state index in [-0.39, 0.29) is 6.92 Å². The van der Waals surface area contributed by atoms with Crippen LogP contribution in [0.1, 0.15) is 25.3 Å². The Bertz CT molecular complexity index is 773. The molecule has 1 aromatic carbocycles. The van der Waals surface area contributed by atoms with Gasteiger partial charge in [-0.15, -0.1) is 0 Å². The van der Waals surface area contributed by atoms with Crippen molar-refractivity contribution >= 4 is 29.6 Å². The molecule has 0 bridgehead atoms. The highest BCUT2D eigenvalue weighted by Gasteiger charge is 2.23. The zero-order valence-corrected chi connectivity index (χ0v) is 14.0. The van der Waals surface area contributed by atoms with Gasteiger partial charge in [0.2, 0.25) is 11.6 Å². The van der Waals surface area contributed by atoms with Crippen molar-refractivity contribution < 1.29 is 9.39 Å². The Morgan fingerprint density at radius 1 is 1.38 bits per heavy atom. The number of rotatable bonds is 6. The number of aromatic nitrogens is 1. The van der Waals surface area contributed by atoms with Crippen molar-refractivity contribution in [2.75, 3.05) is 11.9 Å². The first-order valence-corrected chi connectivity index (χ1v) is 8.24. The molecule has 0 radical (unpaired) electrons. The number of unbranched alkanes of at least 4 members (excludes halogenated alkanes) is 1. The van der Waals surface area contributed by atoms with Crippen molar-refractivity contribution in [3.63, 3.8) is 0 Å². The molecule has 0 spiro atoms. The Balaban J connectivity index is 1.78. The predicted octanol–water partition coefficient (Wildman–Crippen LogP) is 3.91. The summed E-state index contributed by atoms with van der Waals surface area (Å²) in [6.07, 6.45) is 1.99. The van der Waals surface area contributed by atoms with E-state index in [1.807, 2.05) is 6.07 Å². The standard InChI is InChI=1S/C18H20BN3O2/c1-4-5-10-23-18-16(20-3)8-9-17(22-18)21-14-6-7-15-13(11-14)12-24-19(15)2/h6-9,11H,4-5,10,12H2,1-2H3,(H,21,22). The van der Waals surface area contributed by atoms with Gasteiger partial charge in [0.1, 0.15) is 5.82 Å². The van der Waals surface area contributed by atoms with E-state index < -0.39 is 0 Å². The summed E-state index contributed by atoms with van der Waals surface area (Å²) in [6.45, 7) is 12.8. The van der Waals surface area contributed by atoms with Crippen LogP contribution in [-0.2, 0) is 11.3 Å². The third kappa shape index (κ3) is 3.52. The number of hydrogen-bond acceptors (Lipinski definition) is 4. The fraction of sp³-hybridized carbons (Fsp3) is 0.333. The van der Waals surface area contributed by atoms with Crippen molar-refractivity contribution in [1.82, 2.24) is 4.98 Å². The second kappa shape index (κ2) is 7.37. The average molecular weight is 321 g/mol. The summed E-state index contributed by atoms with van der Waals surface area (Å²) >= 11 is 0. The SMILES string of the molecule is [C-]#[N+]c1ccc(Nc2ccc3c(c2)COB3C)nc1OCCCC. The highest BCUT2D eigenvalue weighted by Crippen LogP contribution is 2.29. The smallest absolute Gasteiger partial charge is 0.324 e. The first-order chi connectivity index (χ1) is 11.7. The van der Waals surface area contributed by atoms with Gasteiger partial charge < -0.3 is 14.7 Å². The summed E-state index contributed by atoms with van der Waals surface area (Å²) in [5.74, 6) is 1.06. The van der Waals surface area contributed by atoms with Crippen LogP contribution >= 0.6 is 0 Å². The number of ether oxygens (including phenoxy) is 1. The maximum atomic E-state index is 7.23. The van der Waals surface area contributed by atoms with E-state index in [9.17, 15) is 0 Å². The Hall–Kier alpha value is -2.52. The molecule has 1 aliphatic rings. The van der Waals surface area contributed by atoms with E-state index in [0.29, 0.717) is 30.6 Å². The van der Waals surface area contributed by atoms with Crippen molar-refractivity contribution in [2.45, 2.75) is 33.2 Å². The van der Waals surface area contributed by atoms with Crippen LogP contribution in [-0.4, -0.2) is 18.5 Å². The molecule has 122 valence electrons. The van der Waals surface area contributed by atoms with Crippen LogP contribution in [0.4, 0.5) is 17.2 Å². The normalized spacial score (nSPS) is 12.6. The molecule has 2 heterocycles. The molecular formula is C18H20BN3O2. The van der Waals surface area contributed by atoms with Gasteiger partial charge in [0.15, 0.2) is 0 Å². The Labute approximate surface area is 142 Å². The second-order valence-corrected chi connectivity index (χ2v) is 5.83. The van der Waals surface area contributed by atoms with Crippen molar-refractivity contribution in [3.8, 4) is 5.88 Å². The zero-order chi connectivity index (χ0) is 16.9. The van der Waals surface area contributed by atoms with Gasteiger partial charge in [0.25, 0.3) is 0 Å². The van der Waals surface area contributed by atoms with Crippen molar-refractivity contribution in [1.29, 1.82) is 0 Å². The number of nitrogens with zero attached hydrogens (tertiary/aromatic N) is 2. The largest absolute Gasteiger partial charge is 0.486 e. The lowest BCUT2D eigenvalue weighted by Gasteiger charge is -2.11. The third-order valence-corrected chi connectivity index (χ3v) is 4.04. The summed E-state index contributed by atoms with van der Waals surface area (Å²) in [5.41, 5.74) is 3.83. The van der Waals surface area contributed by atoms with Crippen LogP contribution in [0.3, 0.4) is 0 Å². The molecule has 1 aromatic heterocycles. The van der Waals surface area contributed by atoms with E-state index in [2.05, 4.69) is 41.0 Å². The van der Waals surface area contributed by atoms with Gasteiger partial charge in [-0.25, -0.2) is 9.83 Å². The molecule has 0 amide bonds. The van der Waals surface area contributed by atoms with Gasteiger partial charge in [-0.3, -0.25) is 0 Å². The molecule has 0 atom stereocenters. The molecule has 0 saturated carbocycles. The number of nitrogens with one attached hydrogen (secondary N) is 1. The highest BCUT2D eigenvalue weighted by atomic mass is 16.5. The Kier molecular flexibility index (Phi) is 5.02. The summed E-state index contributed by atoms with van der Waals surface area (Å²) in [7, 11) is 0. The molecule has 5 nitrogen and oxygen atoms in total. The van der Waals surface area contributed by atoms with Crippen LogP contribution in [0.15, 0.2) is 30.3 Å². The topological polar surface area (TPSA) is 47.7 Å². The number of pyridine rings is 1. The quantitative estimate of drug-likeness (QED) is 0.498. The van der Waals surface area contributed by atoms with Crippen molar-refractivity contribution in [2.24, 2.45) is 0 Å². The van der Waals surface area contributed by atoms with Crippen LogP contribution in [0.25, 0.3) is 4.85 Å². The average Bonchev–Trinajstić information content (AvgIpc) is 2.96. The summed E-state index contributed by atoms with van der Waals surface area (Å²) < 4.78 is 11.3. The number of fused-ring (bicyclic) bond motifs is 1. The molecule has 24 heavy (non-hydrogen) atoms. The Morgan fingerprint density at radius 3 is 3.04 bits per heavy atom. The molecule has 3 rings (SSSR count). The number of benzene rings is 1. The van der Waals surface area contributed by atoms with Crippen molar-refractivity contribution in [3.05, 3.63) is 47.3 Å². The molecule has 0 saturated heterocycles. The fourth-order valence-electron chi connectivity index (χ4n) is 2.66.